The molecule has 6 heteroatoms. The van der Waals surface area contributed by atoms with Crippen LogP contribution in [0.5, 0.6) is 0 Å². The summed E-state index contributed by atoms with van der Waals surface area (Å²) in [6, 6.07) is 12.0. The number of pyridine rings is 1. The fraction of sp³-hybridized carbons (Fsp3) is 0.391. The third kappa shape index (κ3) is 2.93. The zero-order chi connectivity index (χ0) is 20.2. The number of hydrogen-bond donors (Lipinski definition) is 0. The number of nitrogens with zero attached hydrogens (tertiary/aromatic N) is 5. The number of likely N-dealkylation sites (tertiary alicyclic amines) is 1. The first kappa shape index (κ1) is 18.0. The Balaban J connectivity index is 1.25. The average Bonchev–Trinajstić information content (AvgIpc) is 2.66. The van der Waals surface area contributed by atoms with Crippen LogP contribution in [0.1, 0.15) is 23.5 Å². The van der Waals surface area contributed by atoms with E-state index in [4.69, 9.17) is 0 Å². The van der Waals surface area contributed by atoms with Crippen LogP contribution >= 0.6 is 0 Å². The molecular weight excluding hydrogens is 365 g/mol. The Bertz CT molecular complexity index is 995. The monoisotopic (exact) mass is 389 g/mol. The molecule has 3 aliphatic rings. The summed E-state index contributed by atoms with van der Waals surface area (Å²) < 4.78 is 13.1. The molecule has 2 saturated heterocycles. The molecule has 1 unspecified atom stereocenters. The van der Waals surface area contributed by atoms with Crippen molar-refractivity contribution < 1.29 is 4.39 Å². The molecule has 148 valence electrons. The van der Waals surface area contributed by atoms with Crippen LogP contribution in [0.15, 0.2) is 48.9 Å². The van der Waals surface area contributed by atoms with E-state index in [1.165, 1.54) is 17.8 Å². The van der Waals surface area contributed by atoms with E-state index in [9.17, 15) is 9.65 Å². The van der Waals surface area contributed by atoms with Gasteiger partial charge in [0.2, 0.25) is 0 Å². The van der Waals surface area contributed by atoms with Crippen LogP contribution in [0.25, 0.3) is 0 Å². The summed E-state index contributed by atoms with van der Waals surface area (Å²) in [6.45, 7) is 11.1. The lowest BCUT2D eigenvalue weighted by Crippen LogP contribution is -2.72. The van der Waals surface area contributed by atoms with Crippen LogP contribution in [0.3, 0.4) is 0 Å². The molecule has 1 aromatic carbocycles. The summed E-state index contributed by atoms with van der Waals surface area (Å²) in [5.41, 5.74) is 3.70. The van der Waals surface area contributed by atoms with Gasteiger partial charge in [-0.1, -0.05) is 24.3 Å². The molecule has 0 aliphatic carbocycles. The second-order valence-electron chi connectivity index (χ2n) is 8.65. The summed E-state index contributed by atoms with van der Waals surface area (Å²) in [4.78, 5) is 11.0. The Morgan fingerprint density at radius 3 is 2.72 bits per heavy atom. The van der Waals surface area contributed by atoms with Gasteiger partial charge in [0.15, 0.2) is 0 Å². The van der Waals surface area contributed by atoms with E-state index in [1.807, 2.05) is 0 Å². The van der Waals surface area contributed by atoms with Crippen molar-refractivity contribution in [2.75, 3.05) is 42.5 Å². The first-order valence-corrected chi connectivity index (χ1v) is 10.1. The minimum Gasteiger partial charge on any atom is -0.357 e. The van der Waals surface area contributed by atoms with Gasteiger partial charge in [-0.2, -0.15) is 5.26 Å². The highest BCUT2D eigenvalue weighted by Crippen LogP contribution is 2.45. The lowest BCUT2D eigenvalue weighted by molar-refractivity contribution is 0.00141. The molecule has 3 aliphatic heterocycles. The van der Waals surface area contributed by atoms with Crippen LogP contribution in [-0.2, 0) is 0 Å². The largest absolute Gasteiger partial charge is 0.357 e. The number of halogens is 1. The Kier molecular flexibility index (Phi) is 4.02. The number of anilines is 2. The van der Waals surface area contributed by atoms with Gasteiger partial charge in [0.1, 0.15) is 17.5 Å². The van der Waals surface area contributed by atoms with Gasteiger partial charge in [-0.05, 0) is 37.1 Å². The van der Waals surface area contributed by atoms with E-state index in [0.29, 0.717) is 0 Å². The molecule has 0 N–H and O–H groups in total. The number of fused-ring (bicyclic) bond motifs is 1. The zero-order valence-electron chi connectivity index (χ0n) is 16.6. The maximum absolute atomic E-state index is 13.1. The number of rotatable bonds is 3. The summed E-state index contributed by atoms with van der Waals surface area (Å²) in [7, 11) is 0. The Morgan fingerprint density at radius 1 is 1.24 bits per heavy atom. The lowest BCUT2D eigenvalue weighted by Gasteiger charge is -2.62. The molecule has 1 aromatic heterocycles. The second kappa shape index (κ2) is 6.48. The normalized spacial score (nSPS) is 21.8. The molecule has 4 heterocycles. The predicted octanol–water partition coefficient (Wildman–Crippen LogP) is 3.64. The SMILES string of the molecule is C=C(N1CC2(C1)CN(c1ccc(F)cn1)C2)N1CCC(C#N)c2cc(C)ccc21. The molecule has 5 nitrogen and oxygen atoms in total. The van der Waals surface area contributed by atoms with Gasteiger partial charge < -0.3 is 14.7 Å². The third-order valence-electron chi connectivity index (χ3n) is 6.46. The highest BCUT2D eigenvalue weighted by Gasteiger charge is 2.53. The molecule has 29 heavy (non-hydrogen) atoms. The van der Waals surface area contributed by atoms with Crippen molar-refractivity contribution in [1.82, 2.24) is 9.88 Å². The second-order valence-corrected chi connectivity index (χ2v) is 8.65. The first-order chi connectivity index (χ1) is 14.0. The summed E-state index contributed by atoms with van der Waals surface area (Å²) in [6.07, 6.45) is 2.11. The van der Waals surface area contributed by atoms with Crippen molar-refractivity contribution >= 4 is 11.5 Å². The average molecular weight is 389 g/mol. The standard InChI is InChI=1S/C23H24FN5/c1-16-3-5-21-20(9-16)18(10-25)7-8-29(21)17(2)27-12-23(13-27)14-28(15-23)22-6-4-19(24)11-26-22/h3-6,9,11,18H,2,7-8,12-15H2,1H3. The number of benzene rings is 1. The van der Waals surface area contributed by atoms with Gasteiger partial charge in [-0.3, -0.25) is 0 Å². The van der Waals surface area contributed by atoms with E-state index >= 15 is 0 Å². The van der Waals surface area contributed by atoms with Crippen molar-refractivity contribution in [3.8, 4) is 6.07 Å². The molecule has 0 bridgehead atoms. The van der Waals surface area contributed by atoms with Crippen LogP contribution in [0.2, 0.25) is 0 Å². The van der Waals surface area contributed by atoms with Crippen molar-refractivity contribution in [2.24, 2.45) is 5.41 Å². The van der Waals surface area contributed by atoms with Gasteiger partial charge in [0.05, 0.1) is 18.2 Å². The highest BCUT2D eigenvalue weighted by molar-refractivity contribution is 5.63. The fourth-order valence-electron chi connectivity index (χ4n) is 4.93. The Labute approximate surface area is 170 Å². The molecule has 1 spiro atoms. The van der Waals surface area contributed by atoms with Crippen LogP contribution in [0, 0.1) is 29.5 Å². The van der Waals surface area contributed by atoms with E-state index in [1.54, 1.807) is 6.07 Å². The van der Waals surface area contributed by atoms with Gasteiger partial charge in [-0.15, -0.1) is 0 Å². The van der Waals surface area contributed by atoms with Gasteiger partial charge in [0, 0.05) is 43.8 Å². The minimum absolute atomic E-state index is 0.0416. The highest BCUT2D eigenvalue weighted by atomic mass is 19.1. The molecule has 0 saturated carbocycles. The fourth-order valence-corrected chi connectivity index (χ4v) is 4.93. The van der Waals surface area contributed by atoms with Crippen molar-refractivity contribution in [1.29, 1.82) is 5.26 Å². The minimum atomic E-state index is -0.300. The Morgan fingerprint density at radius 2 is 2.03 bits per heavy atom. The number of aryl methyl sites for hydroxylation is 1. The third-order valence-corrected chi connectivity index (χ3v) is 6.46. The summed E-state index contributed by atoms with van der Waals surface area (Å²) in [5, 5.41) is 9.53. The van der Waals surface area contributed by atoms with Crippen LogP contribution in [-0.4, -0.2) is 42.6 Å². The lowest BCUT2D eigenvalue weighted by atomic mass is 9.72. The number of nitriles is 1. The molecular formula is C23H24FN5. The maximum Gasteiger partial charge on any atom is 0.141 e. The van der Waals surface area contributed by atoms with Crippen molar-refractivity contribution in [3.05, 3.63) is 65.9 Å². The summed E-state index contributed by atoms with van der Waals surface area (Å²) in [5.74, 6) is 1.53. The molecule has 1 atom stereocenters. The van der Waals surface area contributed by atoms with Crippen LogP contribution in [0.4, 0.5) is 15.9 Å². The van der Waals surface area contributed by atoms with E-state index < -0.39 is 0 Å². The van der Waals surface area contributed by atoms with E-state index in [0.717, 1.165) is 62.0 Å². The van der Waals surface area contributed by atoms with Gasteiger partial charge >= 0.3 is 0 Å². The first-order valence-electron chi connectivity index (χ1n) is 10.1. The Hall–Kier alpha value is -3.07. The molecule has 0 amide bonds. The van der Waals surface area contributed by atoms with E-state index in [-0.39, 0.29) is 17.2 Å². The van der Waals surface area contributed by atoms with Gasteiger partial charge in [0.25, 0.3) is 0 Å². The molecule has 2 aromatic rings. The number of aromatic nitrogens is 1. The predicted molar refractivity (Wildman–Crippen MR) is 111 cm³/mol. The van der Waals surface area contributed by atoms with Crippen molar-refractivity contribution in [3.63, 3.8) is 0 Å². The summed E-state index contributed by atoms with van der Waals surface area (Å²) >= 11 is 0. The quantitative estimate of drug-likeness (QED) is 0.802. The molecule has 0 radical (unpaired) electrons. The zero-order valence-corrected chi connectivity index (χ0v) is 16.6. The molecule has 5 rings (SSSR count). The van der Waals surface area contributed by atoms with Gasteiger partial charge in [-0.25, -0.2) is 9.37 Å². The van der Waals surface area contributed by atoms with Crippen LogP contribution < -0.4 is 9.80 Å². The topological polar surface area (TPSA) is 46.4 Å². The molecule has 2 fully saturated rings. The smallest absolute Gasteiger partial charge is 0.141 e. The maximum atomic E-state index is 13.1. The number of hydrogen-bond acceptors (Lipinski definition) is 5. The van der Waals surface area contributed by atoms with E-state index in [2.05, 4.69) is 57.5 Å². The van der Waals surface area contributed by atoms with Crippen molar-refractivity contribution in [2.45, 2.75) is 19.3 Å².